The highest BCUT2D eigenvalue weighted by molar-refractivity contribution is 9.10. The van der Waals surface area contributed by atoms with Gasteiger partial charge in [-0.15, -0.1) is 0 Å². The van der Waals surface area contributed by atoms with Crippen LogP contribution in [0.5, 0.6) is 5.75 Å². The smallest absolute Gasteiger partial charge is 0.143 e. The van der Waals surface area contributed by atoms with E-state index in [1.807, 2.05) is 0 Å². The lowest BCUT2D eigenvalue weighted by Gasteiger charge is -2.07. The Morgan fingerprint density at radius 1 is 1.57 bits per heavy atom. The van der Waals surface area contributed by atoms with Crippen LogP contribution in [0.1, 0.15) is 5.56 Å². The van der Waals surface area contributed by atoms with Crippen molar-refractivity contribution in [3.05, 3.63) is 34.1 Å². The third-order valence-electron chi connectivity index (χ3n) is 1.72. The van der Waals surface area contributed by atoms with Gasteiger partial charge >= 0.3 is 0 Å². The van der Waals surface area contributed by atoms with Crippen LogP contribution in [-0.2, 0) is 0 Å². The van der Waals surface area contributed by atoms with E-state index in [2.05, 4.69) is 15.9 Å². The first-order valence-electron chi connectivity index (χ1n) is 4.09. The van der Waals surface area contributed by atoms with Gasteiger partial charge in [0.15, 0.2) is 0 Å². The second-order valence-electron chi connectivity index (χ2n) is 2.61. The molecule has 4 heteroatoms. The monoisotopic (exact) mass is 259 g/mol. The van der Waals surface area contributed by atoms with Gasteiger partial charge in [0.1, 0.15) is 11.6 Å². The summed E-state index contributed by atoms with van der Waals surface area (Å²) in [6, 6.07) is 2.98. The molecule has 1 rings (SSSR count). The molecule has 0 fully saturated rings. The van der Waals surface area contributed by atoms with Crippen molar-refractivity contribution in [3.8, 4) is 5.75 Å². The highest BCUT2D eigenvalue weighted by atomic mass is 79.9. The molecule has 76 valence electrons. The Balaban J connectivity index is 3.22. The van der Waals surface area contributed by atoms with Gasteiger partial charge in [0.25, 0.3) is 0 Å². The first-order valence-corrected chi connectivity index (χ1v) is 4.88. The maximum atomic E-state index is 13.3. The number of hydrogen-bond donors (Lipinski definition) is 1. The molecule has 1 aromatic rings. The lowest BCUT2D eigenvalue weighted by atomic mass is 10.1. The van der Waals surface area contributed by atoms with Crippen molar-refractivity contribution in [2.24, 2.45) is 5.73 Å². The van der Waals surface area contributed by atoms with Crippen LogP contribution >= 0.6 is 15.9 Å². The minimum absolute atomic E-state index is 0.324. The quantitative estimate of drug-likeness (QED) is 0.906. The van der Waals surface area contributed by atoms with E-state index in [1.54, 1.807) is 18.2 Å². The SMILES string of the molecule is COc1c(Br)ccc(F)c1/C=C/CN. The van der Waals surface area contributed by atoms with Crippen LogP contribution < -0.4 is 10.5 Å². The average molecular weight is 260 g/mol. The molecule has 0 bridgehead atoms. The fraction of sp³-hybridized carbons (Fsp3) is 0.200. The van der Waals surface area contributed by atoms with Gasteiger partial charge in [-0.25, -0.2) is 4.39 Å². The molecule has 2 N–H and O–H groups in total. The summed E-state index contributed by atoms with van der Waals surface area (Å²) in [5.41, 5.74) is 5.70. The lowest BCUT2D eigenvalue weighted by Crippen LogP contribution is -1.95. The van der Waals surface area contributed by atoms with Crippen LogP contribution in [0.2, 0.25) is 0 Å². The van der Waals surface area contributed by atoms with E-state index in [4.69, 9.17) is 10.5 Å². The molecule has 2 nitrogen and oxygen atoms in total. The Labute approximate surface area is 90.7 Å². The summed E-state index contributed by atoms with van der Waals surface area (Å²) in [6.07, 6.45) is 3.28. The maximum absolute atomic E-state index is 13.3. The summed E-state index contributed by atoms with van der Waals surface area (Å²) >= 11 is 3.28. The third kappa shape index (κ3) is 2.33. The van der Waals surface area contributed by atoms with Crippen molar-refractivity contribution in [1.82, 2.24) is 0 Å². The predicted octanol–water partition coefficient (Wildman–Crippen LogP) is 2.57. The Bertz CT molecular complexity index is 352. The number of nitrogens with two attached hydrogens (primary N) is 1. The van der Waals surface area contributed by atoms with Crippen LogP contribution in [0, 0.1) is 5.82 Å². The zero-order valence-electron chi connectivity index (χ0n) is 7.76. The molecule has 0 atom stereocenters. The predicted molar refractivity (Wildman–Crippen MR) is 58.7 cm³/mol. The molecule has 0 aliphatic heterocycles. The van der Waals surface area contributed by atoms with Crippen molar-refractivity contribution >= 4 is 22.0 Å². The summed E-state index contributed by atoms with van der Waals surface area (Å²) in [6.45, 7) is 0.370. The van der Waals surface area contributed by atoms with E-state index >= 15 is 0 Å². The number of hydrogen-bond acceptors (Lipinski definition) is 2. The largest absolute Gasteiger partial charge is 0.495 e. The van der Waals surface area contributed by atoms with Gasteiger partial charge in [-0.1, -0.05) is 12.2 Å². The van der Waals surface area contributed by atoms with Crippen molar-refractivity contribution in [3.63, 3.8) is 0 Å². The number of ether oxygens (including phenoxy) is 1. The molecule has 0 radical (unpaired) electrons. The fourth-order valence-corrected chi connectivity index (χ4v) is 1.61. The molecule has 0 aromatic heterocycles. The Morgan fingerprint density at radius 2 is 2.29 bits per heavy atom. The van der Waals surface area contributed by atoms with Crippen molar-refractivity contribution in [1.29, 1.82) is 0 Å². The fourth-order valence-electron chi connectivity index (χ4n) is 1.10. The van der Waals surface area contributed by atoms with Gasteiger partial charge in [0, 0.05) is 6.54 Å². The molecule has 0 unspecified atom stereocenters. The second kappa shape index (κ2) is 5.12. The van der Waals surface area contributed by atoms with E-state index in [-0.39, 0.29) is 5.82 Å². The minimum atomic E-state index is -0.324. The van der Waals surface area contributed by atoms with Gasteiger partial charge in [-0.3, -0.25) is 0 Å². The van der Waals surface area contributed by atoms with E-state index in [0.29, 0.717) is 17.9 Å². The highest BCUT2D eigenvalue weighted by Crippen LogP contribution is 2.31. The Morgan fingerprint density at radius 3 is 2.86 bits per heavy atom. The molecule has 1 aromatic carbocycles. The number of benzene rings is 1. The maximum Gasteiger partial charge on any atom is 0.143 e. The van der Waals surface area contributed by atoms with Crippen LogP contribution in [0.25, 0.3) is 6.08 Å². The molecule has 14 heavy (non-hydrogen) atoms. The molecule has 0 aliphatic rings. The summed E-state index contributed by atoms with van der Waals surface area (Å²) in [7, 11) is 1.50. The van der Waals surface area contributed by atoms with Crippen LogP contribution in [-0.4, -0.2) is 13.7 Å². The molecule has 0 heterocycles. The van der Waals surface area contributed by atoms with E-state index < -0.39 is 0 Å². The molecule has 0 aliphatic carbocycles. The van der Waals surface area contributed by atoms with Crippen LogP contribution in [0.4, 0.5) is 4.39 Å². The highest BCUT2D eigenvalue weighted by Gasteiger charge is 2.09. The van der Waals surface area contributed by atoms with Crippen molar-refractivity contribution in [2.75, 3.05) is 13.7 Å². The standard InChI is InChI=1S/C10H11BrFNO/c1-14-10-7(3-2-6-13)9(12)5-4-8(10)11/h2-5H,6,13H2,1H3/b3-2+. The number of halogens is 2. The molecular formula is C10H11BrFNO. The average Bonchev–Trinajstić information content (AvgIpc) is 2.19. The van der Waals surface area contributed by atoms with Crippen molar-refractivity contribution < 1.29 is 9.13 Å². The normalized spacial score (nSPS) is 10.9. The summed E-state index contributed by atoms with van der Waals surface area (Å²) in [5.74, 6) is 0.157. The molecule has 0 saturated heterocycles. The number of methoxy groups -OCH3 is 1. The summed E-state index contributed by atoms with van der Waals surface area (Å²) in [4.78, 5) is 0. The minimum Gasteiger partial charge on any atom is -0.495 e. The Hall–Kier alpha value is -0.870. The van der Waals surface area contributed by atoms with Crippen LogP contribution in [0.3, 0.4) is 0 Å². The van der Waals surface area contributed by atoms with Gasteiger partial charge in [-0.05, 0) is 28.1 Å². The van der Waals surface area contributed by atoms with Crippen LogP contribution in [0.15, 0.2) is 22.7 Å². The summed E-state index contributed by atoms with van der Waals surface area (Å²) in [5, 5.41) is 0. The van der Waals surface area contributed by atoms with Gasteiger partial charge in [-0.2, -0.15) is 0 Å². The topological polar surface area (TPSA) is 35.2 Å². The van der Waals surface area contributed by atoms with Crippen molar-refractivity contribution in [2.45, 2.75) is 0 Å². The van der Waals surface area contributed by atoms with E-state index in [1.165, 1.54) is 13.2 Å². The van der Waals surface area contributed by atoms with Gasteiger partial charge in [0.05, 0.1) is 17.1 Å². The second-order valence-corrected chi connectivity index (χ2v) is 3.47. The third-order valence-corrected chi connectivity index (χ3v) is 2.34. The number of rotatable bonds is 3. The molecular weight excluding hydrogens is 249 g/mol. The zero-order chi connectivity index (χ0) is 10.6. The first kappa shape index (κ1) is 11.2. The van der Waals surface area contributed by atoms with E-state index in [0.717, 1.165) is 4.47 Å². The molecule has 0 saturated carbocycles. The van der Waals surface area contributed by atoms with E-state index in [9.17, 15) is 4.39 Å². The van der Waals surface area contributed by atoms with Gasteiger partial charge < -0.3 is 10.5 Å². The zero-order valence-corrected chi connectivity index (χ0v) is 9.34. The van der Waals surface area contributed by atoms with Gasteiger partial charge in [0.2, 0.25) is 0 Å². The summed E-state index contributed by atoms with van der Waals surface area (Å²) < 4.78 is 19.1. The molecule has 0 spiro atoms. The first-order chi connectivity index (χ1) is 6.70. The Kier molecular flexibility index (Phi) is 4.10. The molecule has 0 amide bonds. The lowest BCUT2D eigenvalue weighted by molar-refractivity contribution is 0.407.